The van der Waals surface area contributed by atoms with Gasteiger partial charge in [-0.15, -0.1) is 0 Å². The summed E-state index contributed by atoms with van der Waals surface area (Å²) in [7, 11) is 0. The molecule has 2 unspecified atom stereocenters. The first-order valence-corrected chi connectivity index (χ1v) is 5.86. The maximum absolute atomic E-state index is 9.19. The van der Waals surface area contributed by atoms with Crippen molar-refractivity contribution in [1.82, 2.24) is 4.90 Å². The fraction of sp³-hybridized carbons (Fsp3) is 0.909. The average molecular weight is 245 g/mol. The van der Waals surface area contributed by atoms with Gasteiger partial charge >= 0.3 is 0 Å². The molecular weight excluding hydrogens is 222 g/mol. The van der Waals surface area contributed by atoms with Crippen molar-refractivity contribution in [3.05, 3.63) is 0 Å². The van der Waals surface area contributed by atoms with Gasteiger partial charge in [-0.1, -0.05) is 12.1 Å². The van der Waals surface area contributed by atoms with Crippen LogP contribution in [0.4, 0.5) is 0 Å². The topological polar surface area (TPSA) is 91.3 Å². The van der Waals surface area contributed by atoms with Gasteiger partial charge in [-0.2, -0.15) is 0 Å². The average Bonchev–Trinajstić information content (AvgIpc) is 2.25. The zero-order valence-electron chi connectivity index (χ0n) is 10.8. The van der Waals surface area contributed by atoms with Gasteiger partial charge in [-0.25, -0.2) is 0 Å². The molecule has 1 saturated heterocycles. The maximum atomic E-state index is 9.19. The van der Waals surface area contributed by atoms with Gasteiger partial charge in [-0.05, 0) is 13.8 Å². The summed E-state index contributed by atoms with van der Waals surface area (Å²) in [5, 5.41) is 20.8. The Balaban J connectivity index is 2.58. The number of oxime groups is 1. The molecule has 0 aromatic carbocycles. The van der Waals surface area contributed by atoms with Gasteiger partial charge < -0.3 is 20.8 Å². The molecule has 2 atom stereocenters. The van der Waals surface area contributed by atoms with Crippen LogP contribution in [0.25, 0.3) is 0 Å². The monoisotopic (exact) mass is 245 g/mol. The van der Waals surface area contributed by atoms with Gasteiger partial charge in [-0.3, -0.25) is 4.90 Å². The standard InChI is InChI=1S/C11H23N3O3/c1-8(10(12)13-16)4-14-5-9(6-15)17-11(2,3)7-14/h8-9,15-16H,4-7H2,1-3H3,(H2,12,13). The van der Waals surface area contributed by atoms with Crippen LogP contribution in [0.1, 0.15) is 20.8 Å². The lowest BCUT2D eigenvalue weighted by molar-refractivity contribution is -0.149. The van der Waals surface area contributed by atoms with Crippen LogP contribution in [0.3, 0.4) is 0 Å². The Bertz CT molecular complexity index is 281. The van der Waals surface area contributed by atoms with E-state index in [9.17, 15) is 5.11 Å². The molecule has 1 aliphatic heterocycles. The summed E-state index contributed by atoms with van der Waals surface area (Å²) in [5.74, 6) is 0.211. The van der Waals surface area contributed by atoms with Crippen molar-refractivity contribution in [2.75, 3.05) is 26.2 Å². The molecule has 17 heavy (non-hydrogen) atoms. The van der Waals surface area contributed by atoms with Crippen molar-refractivity contribution in [3.63, 3.8) is 0 Å². The number of amidine groups is 1. The van der Waals surface area contributed by atoms with Crippen molar-refractivity contribution in [2.45, 2.75) is 32.5 Å². The summed E-state index contributed by atoms with van der Waals surface area (Å²) in [6, 6.07) is 0. The minimum absolute atomic E-state index is 0.0118. The lowest BCUT2D eigenvalue weighted by atomic mass is 10.0. The van der Waals surface area contributed by atoms with Crippen LogP contribution >= 0.6 is 0 Å². The van der Waals surface area contributed by atoms with E-state index in [-0.39, 0.29) is 30.1 Å². The highest BCUT2D eigenvalue weighted by Crippen LogP contribution is 2.21. The largest absolute Gasteiger partial charge is 0.409 e. The Hall–Kier alpha value is -0.850. The predicted molar refractivity (Wildman–Crippen MR) is 65.1 cm³/mol. The molecule has 0 aromatic heterocycles. The van der Waals surface area contributed by atoms with Crippen molar-refractivity contribution >= 4 is 5.84 Å². The Kier molecular flexibility index (Phi) is 4.73. The molecule has 4 N–H and O–H groups in total. The summed E-state index contributed by atoms with van der Waals surface area (Å²) >= 11 is 0. The molecule has 6 heteroatoms. The molecule has 0 spiro atoms. The maximum Gasteiger partial charge on any atom is 0.143 e. The molecular formula is C11H23N3O3. The molecule has 1 heterocycles. The predicted octanol–water partition coefficient (Wildman–Crippen LogP) is -0.159. The Morgan fingerprint density at radius 2 is 2.29 bits per heavy atom. The highest BCUT2D eigenvalue weighted by molar-refractivity contribution is 5.82. The third kappa shape index (κ3) is 4.14. The lowest BCUT2D eigenvalue weighted by Gasteiger charge is -2.43. The minimum Gasteiger partial charge on any atom is -0.409 e. The number of hydrogen-bond acceptors (Lipinski definition) is 5. The summed E-state index contributed by atoms with van der Waals surface area (Å²) in [4.78, 5) is 2.17. The first kappa shape index (κ1) is 14.2. The Morgan fingerprint density at radius 1 is 1.65 bits per heavy atom. The van der Waals surface area contributed by atoms with Crippen molar-refractivity contribution in [2.24, 2.45) is 16.8 Å². The van der Waals surface area contributed by atoms with Crippen LogP contribution in [0.15, 0.2) is 5.16 Å². The third-order valence-corrected chi connectivity index (χ3v) is 2.91. The van der Waals surface area contributed by atoms with Crippen LogP contribution < -0.4 is 5.73 Å². The molecule has 0 aromatic rings. The highest BCUT2D eigenvalue weighted by Gasteiger charge is 2.33. The molecule has 100 valence electrons. The summed E-state index contributed by atoms with van der Waals surface area (Å²) in [5.41, 5.74) is 5.28. The number of aliphatic hydroxyl groups is 1. The van der Waals surface area contributed by atoms with Crippen LogP contribution in [-0.4, -0.2) is 59.0 Å². The van der Waals surface area contributed by atoms with Crippen LogP contribution in [0, 0.1) is 5.92 Å². The van der Waals surface area contributed by atoms with Crippen LogP contribution in [0.2, 0.25) is 0 Å². The number of hydrogen-bond donors (Lipinski definition) is 3. The fourth-order valence-electron chi connectivity index (χ4n) is 2.23. The number of rotatable bonds is 4. The third-order valence-electron chi connectivity index (χ3n) is 2.91. The second-order valence-electron chi connectivity index (χ2n) is 5.30. The van der Waals surface area contributed by atoms with Gasteiger partial charge in [0.05, 0.1) is 18.3 Å². The van der Waals surface area contributed by atoms with E-state index >= 15 is 0 Å². The molecule has 6 nitrogen and oxygen atoms in total. The second kappa shape index (κ2) is 5.66. The van der Waals surface area contributed by atoms with E-state index in [0.29, 0.717) is 13.1 Å². The van der Waals surface area contributed by atoms with E-state index in [4.69, 9.17) is 15.7 Å². The number of morpholine rings is 1. The first-order chi connectivity index (χ1) is 7.88. The minimum atomic E-state index is -0.281. The van der Waals surface area contributed by atoms with E-state index in [1.807, 2.05) is 20.8 Å². The van der Waals surface area contributed by atoms with E-state index in [0.717, 1.165) is 6.54 Å². The smallest absolute Gasteiger partial charge is 0.143 e. The van der Waals surface area contributed by atoms with Crippen molar-refractivity contribution in [3.8, 4) is 0 Å². The van der Waals surface area contributed by atoms with Gasteiger partial charge in [0.15, 0.2) is 0 Å². The zero-order valence-corrected chi connectivity index (χ0v) is 10.8. The van der Waals surface area contributed by atoms with E-state index in [1.54, 1.807) is 0 Å². The quantitative estimate of drug-likeness (QED) is 0.277. The second-order valence-corrected chi connectivity index (χ2v) is 5.30. The van der Waals surface area contributed by atoms with E-state index < -0.39 is 0 Å². The highest BCUT2D eigenvalue weighted by atomic mass is 16.5. The van der Waals surface area contributed by atoms with Gasteiger partial charge in [0.25, 0.3) is 0 Å². The lowest BCUT2D eigenvalue weighted by Crippen LogP contribution is -2.55. The van der Waals surface area contributed by atoms with Gasteiger partial charge in [0.1, 0.15) is 5.84 Å². The summed E-state index contributed by atoms with van der Waals surface area (Å²) in [6.45, 7) is 8.05. The van der Waals surface area contributed by atoms with Crippen molar-refractivity contribution < 1.29 is 15.1 Å². The van der Waals surface area contributed by atoms with Gasteiger partial charge in [0, 0.05) is 25.6 Å². The number of aliphatic hydroxyl groups excluding tert-OH is 1. The first-order valence-electron chi connectivity index (χ1n) is 5.86. The number of nitrogens with two attached hydrogens (primary N) is 1. The molecule has 0 saturated carbocycles. The normalized spacial score (nSPS) is 28.0. The van der Waals surface area contributed by atoms with Gasteiger partial charge in [0.2, 0.25) is 0 Å². The molecule has 1 rings (SSSR count). The Morgan fingerprint density at radius 3 is 2.82 bits per heavy atom. The molecule has 1 fully saturated rings. The van der Waals surface area contributed by atoms with Crippen molar-refractivity contribution in [1.29, 1.82) is 0 Å². The summed E-state index contributed by atoms with van der Waals surface area (Å²) in [6.07, 6.45) is -0.168. The Labute approximate surface area is 102 Å². The van der Waals surface area contributed by atoms with E-state index in [1.165, 1.54) is 0 Å². The number of ether oxygens (including phenoxy) is 1. The fourth-order valence-corrected chi connectivity index (χ4v) is 2.23. The van der Waals surface area contributed by atoms with Crippen LogP contribution in [-0.2, 0) is 4.74 Å². The molecule has 1 aliphatic rings. The molecule has 0 amide bonds. The molecule has 0 radical (unpaired) electrons. The van der Waals surface area contributed by atoms with E-state index in [2.05, 4.69) is 10.1 Å². The summed E-state index contributed by atoms with van der Waals surface area (Å²) < 4.78 is 5.72. The number of nitrogens with zero attached hydrogens (tertiary/aromatic N) is 2. The zero-order chi connectivity index (χ0) is 13.1. The molecule has 0 bridgehead atoms. The molecule has 0 aliphatic carbocycles. The SMILES string of the molecule is CC(CN1CC(CO)OC(C)(C)C1)C(N)=NO. The van der Waals surface area contributed by atoms with Crippen LogP contribution in [0.5, 0.6) is 0 Å².